The first-order valence-corrected chi connectivity index (χ1v) is 7.56. The Morgan fingerprint density at radius 2 is 2.32 bits per heavy atom. The van der Waals surface area contributed by atoms with E-state index in [1.807, 2.05) is 24.4 Å². The number of hydrogen-bond acceptors (Lipinski definition) is 4. The van der Waals surface area contributed by atoms with E-state index >= 15 is 0 Å². The molecule has 6 heteroatoms. The number of nitrogens with zero attached hydrogens (tertiary/aromatic N) is 1. The van der Waals surface area contributed by atoms with E-state index < -0.39 is 0 Å². The zero-order valence-electron chi connectivity index (χ0n) is 12.1. The molecule has 1 aromatic carbocycles. The molecule has 22 heavy (non-hydrogen) atoms. The Balaban J connectivity index is 1.95. The van der Waals surface area contributed by atoms with Crippen LogP contribution in [0.1, 0.15) is 17.2 Å². The summed E-state index contributed by atoms with van der Waals surface area (Å²) in [5.74, 6) is -0.0882. The van der Waals surface area contributed by atoms with Crippen molar-refractivity contribution in [3.63, 3.8) is 0 Å². The van der Waals surface area contributed by atoms with Crippen molar-refractivity contribution in [1.29, 1.82) is 0 Å². The number of benzene rings is 1. The number of ether oxygens (including phenoxy) is 1. The second-order valence-electron chi connectivity index (χ2n) is 5.22. The smallest absolute Gasteiger partial charge is 0.246 e. The molecule has 0 unspecified atom stereocenters. The highest BCUT2D eigenvalue weighted by Crippen LogP contribution is 2.29. The Morgan fingerprint density at radius 3 is 3.05 bits per heavy atom. The largest absolute Gasteiger partial charge is 0.377 e. The molecule has 2 N–H and O–H groups in total. The van der Waals surface area contributed by atoms with Crippen molar-refractivity contribution in [3.8, 4) is 0 Å². The molecule has 0 saturated carbocycles. The molecular weight excluding hydrogens is 302 g/mol. The highest BCUT2D eigenvalue weighted by atomic mass is 35.5. The van der Waals surface area contributed by atoms with Crippen LogP contribution in [-0.4, -0.2) is 37.2 Å². The zero-order valence-corrected chi connectivity index (χ0v) is 12.9. The summed E-state index contributed by atoms with van der Waals surface area (Å²) in [6.45, 7) is 5.84. The molecule has 0 aliphatic carbocycles. The van der Waals surface area contributed by atoms with Crippen LogP contribution in [0.3, 0.4) is 0 Å². The predicted octanol–water partition coefficient (Wildman–Crippen LogP) is 1.87. The van der Waals surface area contributed by atoms with Gasteiger partial charge in [-0.1, -0.05) is 18.2 Å². The molecule has 1 fully saturated rings. The van der Waals surface area contributed by atoms with Gasteiger partial charge < -0.3 is 20.3 Å². The van der Waals surface area contributed by atoms with Crippen LogP contribution in [0.15, 0.2) is 37.1 Å². The van der Waals surface area contributed by atoms with Gasteiger partial charge in [0.2, 0.25) is 5.91 Å². The molecule has 0 bridgehead atoms. The summed E-state index contributed by atoms with van der Waals surface area (Å²) in [5, 5.41) is 6.98. The highest BCUT2D eigenvalue weighted by molar-refractivity contribution is 6.30. The van der Waals surface area contributed by atoms with Gasteiger partial charge in [-0.3, -0.25) is 4.79 Å². The van der Waals surface area contributed by atoms with E-state index in [4.69, 9.17) is 16.3 Å². The maximum absolute atomic E-state index is 12.1. The summed E-state index contributed by atoms with van der Waals surface area (Å²) in [4.78, 5) is 13.8. The van der Waals surface area contributed by atoms with E-state index in [2.05, 4.69) is 17.2 Å². The quantitative estimate of drug-likeness (QED) is 0.835. The average molecular weight is 320 g/mol. The number of rotatable bonds is 3. The first-order chi connectivity index (χ1) is 10.7. The molecule has 2 aliphatic rings. The van der Waals surface area contributed by atoms with Gasteiger partial charge in [0.15, 0.2) is 0 Å². The number of hydrogen-bond donors (Lipinski definition) is 2. The lowest BCUT2D eigenvalue weighted by Gasteiger charge is -2.35. The van der Waals surface area contributed by atoms with Crippen LogP contribution in [0.2, 0.25) is 5.02 Å². The lowest BCUT2D eigenvalue weighted by Crippen LogP contribution is -2.42. The van der Waals surface area contributed by atoms with E-state index in [-0.39, 0.29) is 11.9 Å². The minimum absolute atomic E-state index is 0.0882. The van der Waals surface area contributed by atoms with Crippen molar-refractivity contribution < 1.29 is 9.53 Å². The van der Waals surface area contributed by atoms with Gasteiger partial charge in [0, 0.05) is 23.3 Å². The number of halogens is 1. The van der Waals surface area contributed by atoms with E-state index in [0.717, 1.165) is 16.8 Å². The monoisotopic (exact) mass is 319 g/mol. The molecule has 116 valence electrons. The minimum Gasteiger partial charge on any atom is -0.377 e. The number of carbonyl (C=O) groups is 1. The van der Waals surface area contributed by atoms with E-state index in [1.165, 1.54) is 6.08 Å². The number of carbonyl (C=O) groups excluding carboxylic acids is 1. The third kappa shape index (κ3) is 2.96. The topological polar surface area (TPSA) is 53.6 Å². The van der Waals surface area contributed by atoms with Crippen LogP contribution in [-0.2, 0) is 9.53 Å². The molecule has 0 aromatic heterocycles. The van der Waals surface area contributed by atoms with Gasteiger partial charge in [-0.2, -0.15) is 0 Å². The lowest BCUT2D eigenvalue weighted by atomic mass is 10.0. The SMILES string of the molecule is C=CC(=O)N1CCOC[C@H]1c1cc(Cl)cc(C2=CNCN2)c1. The van der Waals surface area contributed by atoms with Gasteiger partial charge in [-0.15, -0.1) is 0 Å². The Morgan fingerprint density at radius 1 is 1.45 bits per heavy atom. The average Bonchev–Trinajstić information content (AvgIpc) is 3.08. The molecule has 1 aromatic rings. The second-order valence-corrected chi connectivity index (χ2v) is 5.65. The van der Waals surface area contributed by atoms with Crippen LogP contribution in [0.25, 0.3) is 5.70 Å². The van der Waals surface area contributed by atoms with Crippen LogP contribution in [0.5, 0.6) is 0 Å². The standard InChI is InChI=1S/C16H18ClN3O2/c1-2-16(21)20-3-4-22-9-15(20)12-5-11(6-13(17)7-12)14-8-18-10-19-14/h2,5-8,15,18-19H,1,3-4,9-10H2/t15-/m0/s1. The maximum Gasteiger partial charge on any atom is 0.246 e. The summed E-state index contributed by atoms with van der Waals surface area (Å²) in [7, 11) is 0. The Kier molecular flexibility index (Phi) is 4.36. The van der Waals surface area contributed by atoms with Gasteiger partial charge in [-0.25, -0.2) is 0 Å². The lowest BCUT2D eigenvalue weighted by molar-refractivity contribution is -0.134. The van der Waals surface area contributed by atoms with Crippen molar-refractivity contribution in [3.05, 3.63) is 53.2 Å². The van der Waals surface area contributed by atoms with E-state index in [0.29, 0.717) is 31.4 Å². The summed E-state index contributed by atoms with van der Waals surface area (Å²) in [6, 6.07) is 5.68. The molecule has 2 aliphatic heterocycles. The summed E-state index contributed by atoms with van der Waals surface area (Å²) >= 11 is 6.27. The molecule has 1 saturated heterocycles. The minimum atomic E-state index is -0.147. The third-order valence-electron chi connectivity index (χ3n) is 3.83. The fraction of sp³-hybridized carbons (Fsp3) is 0.312. The zero-order chi connectivity index (χ0) is 15.5. The first kappa shape index (κ1) is 14.9. The Bertz CT molecular complexity index is 630. The maximum atomic E-state index is 12.1. The van der Waals surface area contributed by atoms with Gasteiger partial charge in [0.05, 0.1) is 31.6 Å². The van der Waals surface area contributed by atoms with Crippen molar-refractivity contribution in [2.45, 2.75) is 6.04 Å². The fourth-order valence-corrected chi connectivity index (χ4v) is 3.00. The van der Waals surface area contributed by atoms with Crippen molar-refractivity contribution in [2.24, 2.45) is 0 Å². The summed E-state index contributed by atoms with van der Waals surface area (Å²) < 4.78 is 5.55. The van der Waals surface area contributed by atoms with Gasteiger partial charge in [0.25, 0.3) is 0 Å². The third-order valence-corrected chi connectivity index (χ3v) is 4.05. The van der Waals surface area contributed by atoms with Crippen LogP contribution in [0, 0.1) is 0 Å². The molecule has 1 amide bonds. The molecule has 0 radical (unpaired) electrons. The summed E-state index contributed by atoms with van der Waals surface area (Å²) in [5.41, 5.74) is 2.94. The van der Waals surface area contributed by atoms with Gasteiger partial charge in [0.1, 0.15) is 0 Å². The Hall–Kier alpha value is -1.98. The van der Waals surface area contributed by atoms with Crippen molar-refractivity contribution in [2.75, 3.05) is 26.4 Å². The molecule has 5 nitrogen and oxygen atoms in total. The molecule has 0 spiro atoms. The molecule has 2 heterocycles. The van der Waals surface area contributed by atoms with Crippen LogP contribution < -0.4 is 10.6 Å². The highest BCUT2D eigenvalue weighted by Gasteiger charge is 2.28. The van der Waals surface area contributed by atoms with Gasteiger partial charge >= 0.3 is 0 Å². The normalized spacial score (nSPS) is 20.9. The van der Waals surface area contributed by atoms with Crippen molar-refractivity contribution >= 4 is 23.2 Å². The predicted molar refractivity (Wildman–Crippen MR) is 86.0 cm³/mol. The van der Waals surface area contributed by atoms with Gasteiger partial charge in [-0.05, 0) is 29.8 Å². The number of nitrogens with one attached hydrogen (secondary N) is 2. The van der Waals surface area contributed by atoms with Crippen molar-refractivity contribution in [1.82, 2.24) is 15.5 Å². The fourth-order valence-electron chi connectivity index (χ4n) is 2.76. The Labute approximate surface area is 134 Å². The van der Waals surface area contributed by atoms with E-state index in [9.17, 15) is 4.79 Å². The molecule has 3 rings (SSSR count). The molecule has 1 atom stereocenters. The first-order valence-electron chi connectivity index (χ1n) is 7.18. The van der Waals surface area contributed by atoms with Crippen LogP contribution in [0.4, 0.5) is 0 Å². The van der Waals surface area contributed by atoms with E-state index in [1.54, 1.807) is 4.90 Å². The molecular formula is C16H18ClN3O2. The summed E-state index contributed by atoms with van der Waals surface area (Å²) in [6.07, 6.45) is 3.26. The second kappa shape index (κ2) is 6.42. The number of morpholine rings is 1. The number of amides is 1. The van der Waals surface area contributed by atoms with Crippen LogP contribution >= 0.6 is 11.6 Å².